The van der Waals surface area contributed by atoms with Gasteiger partial charge in [0.15, 0.2) is 0 Å². The number of rotatable bonds is 3. The number of anilines is 1. The lowest BCUT2D eigenvalue weighted by Gasteiger charge is -2.05. The molecule has 0 aliphatic rings. The number of nitrogens with zero attached hydrogens (tertiary/aromatic N) is 1. The number of nitrogens with one attached hydrogen (secondary N) is 2. The molecule has 1 heterocycles. The van der Waals surface area contributed by atoms with E-state index in [-0.39, 0.29) is 0 Å². The molecule has 0 spiro atoms. The molecule has 74 valence electrons. The van der Waals surface area contributed by atoms with Gasteiger partial charge >= 0.3 is 0 Å². The van der Waals surface area contributed by atoms with Crippen molar-refractivity contribution in [3.8, 4) is 0 Å². The van der Waals surface area contributed by atoms with Crippen LogP contribution < -0.4 is 11.1 Å². The lowest BCUT2D eigenvalue weighted by molar-refractivity contribution is 0.584. The fraction of sp³-hybridized carbons (Fsp3) is 0.111. The van der Waals surface area contributed by atoms with E-state index in [1.165, 1.54) is 18.3 Å². The van der Waals surface area contributed by atoms with Crippen LogP contribution in [-0.4, -0.2) is 10.7 Å². The molecule has 0 amide bonds. The van der Waals surface area contributed by atoms with Crippen LogP contribution in [0.4, 0.5) is 10.1 Å². The Bertz CT molecular complexity index is 373. The fourth-order valence-corrected chi connectivity index (χ4v) is 0.916. The highest BCUT2D eigenvalue weighted by molar-refractivity contribution is 5.90. The molecule has 5 heteroatoms. The van der Waals surface area contributed by atoms with Crippen LogP contribution >= 0.6 is 0 Å². The van der Waals surface area contributed by atoms with Gasteiger partial charge < -0.3 is 16.5 Å². The van der Waals surface area contributed by atoms with Crippen molar-refractivity contribution in [2.45, 2.75) is 6.92 Å². The fourth-order valence-electron chi connectivity index (χ4n) is 0.916. The lowest BCUT2D eigenvalue weighted by Crippen LogP contribution is -2.10. The molecule has 0 bridgehead atoms. The van der Waals surface area contributed by atoms with Crippen LogP contribution in [0.3, 0.4) is 0 Å². The standard InChI is InChI=1S/C9H11FN4/c1-6(11)4-9(12)14-7-2-3-13-8(10)5-7/h2-5,11H,12H2,1H3,(H,13,14)/b9-4-,11-6?. The quantitative estimate of drug-likeness (QED) is 0.504. The Labute approximate surface area is 81.2 Å². The minimum Gasteiger partial charge on any atom is -0.385 e. The summed E-state index contributed by atoms with van der Waals surface area (Å²) in [6, 6.07) is 2.81. The summed E-state index contributed by atoms with van der Waals surface area (Å²) in [5.74, 6) is -0.280. The van der Waals surface area contributed by atoms with Crippen molar-refractivity contribution in [2.24, 2.45) is 5.73 Å². The van der Waals surface area contributed by atoms with Crippen LogP contribution in [0.2, 0.25) is 0 Å². The van der Waals surface area contributed by atoms with Gasteiger partial charge in [-0.1, -0.05) is 0 Å². The summed E-state index contributed by atoms with van der Waals surface area (Å²) in [6.45, 7) is 1.60. The molecule has 0 aromatic carbocycles. The first kappa shape index (κ1) is 10.2. The van der Waals surface area contributed by atoms with E-state index in [4.69, 9.17) is 11.1 Å². The Morgan fingerprint density at radius 2 is 2.43 bits per heavy atom. The minimum atomic E-state index is -0.575. The van der Waals surface area contributed by atoms with Crippen LogP contribution in [0.1, 0.15) is 6.92 Å². The van der Waals surface area contributed by atoms with Crippen molar-refractivity contribution in [1.29, 1.82) is 5.41 Å². The van der Waals surface area contributed by atoms with E-state index in [0.717, 1.165) is 0 Å². The third kappa shape index (κ3) is 3.22. The first-order chi connectivity index (χ1) is 6.58. The maximum atomic E-state index is 12.6. The Morgan fingerprint density at radius 1 is 1.71 bits per heavy atom. The molecular weight excluding hydrogens is 183 g/mol. The molecule has 14 heavy (non-hydrogen) atoms. The van der Waals surface area contributed by atoms with Crippen LogP contribution in [0.5, 0.6) is 0 Å². The van der Waals surface area contributed by atoms with Gasteiger partial charge in [0, 0.05) is 23.7 Å². The first-order valence-electron chi connectivity index (χ1n) is 3.99. The molecule has 1 aromatic rings. The molecule has 4 nitrogen and oxygen atoms in total. The van der Waals surface area contributed by atoms with Crippen LogP contribution in [-0.2, 0) is 0 Å². The number of nitrogens with two attached hydrogens (primary N) is 1. The van der Waals surface area contributed by atoms with E-state index >= 15 is 0 Å². The molecule has 0 fully saturated rings. The monoisotopic (exact) mass is 194 g/mol. The molecule has 1 rings (SSSR count). The summed E-state index contributed by atoms with van der Waals surface area (Å²) in [4.78, 5) is 3.40. The van der Waals surface area contributed by atoms with Crippen molar-refractivity contribution in [3.05, 3.63) is 36.2 Å². The van der Waals surface area contributed by atoms with Gasteiger partial charge in [-0.05, 0) is 19.1 Å². The molecule has 0 saturated heterocycles. The van der Waals surface area contributed by atoms with Gasteiger partial charge in [-0.3, -0.25) is 0 Å². The van der Waals surface area contributed by atoms with E-state index in [1.54, 1.807) is 13.0 Å². The van der Waals surface area contributed by atoms with Crippen LogP contribution in [0.15, 0.2) is 30.2 Å². The maximum absolute atomic E-state index is 12.6. The second-order valence-electron chi connectivity index (χ2n) is 2.77. The summed E-state index contributed by atoms with van der Waals surface area (Å²) in [5, 5.41) is 9.88. The van der Waals surface area contributed by atoms with Crippen molar-refractivity contribution >= 4 is 11.4 Å². The molecule has 0 aliphatic heterocycles. The van der Waals surface area contributed by atoms with Crippen LogP contribution in [0, 0.1) is 11.4 Å². The van der Waals surface area contributed by atoms with E-state index in [1.807, 2.05) is 0 Å². The number of aromatic nitrogens is 1. The molecule has 0 saturated carbocycles. The van der Waals surface area contributed by atoms with Gasteiger partial charge in [0.2, 0.25) is 5.95 Å². The average Bonchev–Trinajstić information content (AvgIpc) is 2.01. The number of hydrogen-bond donors (Lipinski definition) is 3. The Morgan fingerprint density at radius 3 is 3.00 bits per heavy atom. The van der Waals surface area contributed by atoms with Gasteiger partial charge in [0.25, 0.3) is 0 Å². The van der Waals surface area contributed by atoms with Gasteiger partial charge in [-0.25, -0.2) is 4.98 Å². The predicted molar refractivity (Wildman–Crippen MR) is 53.5 cm³/mol. The van der Waals surface area contributed by atoms with Gasteiger partial charge in [-0.15, -0.1) is 0 Å². The Hall–Kier alpha value is -1.91. The molecule has 1 aromatic heterocycles. The molecule has 0 aliphatic carbocycles. The van der Waals surface area contributed by atoms with Gasteiger partial charge in [0.1, 0.15) is 5.82 Å². The highest BCUT2D eigenvalue weighted by atomic mass is 19.1. The summed E-state index contributed by atoms with van der Waals surface area (Å²) in [5.41, 5.74) is 6.35. The second-order valence-corrected chi connectivity index (χ2v) is 2.77. The smallest absolute Gasteiger partial charge is 0.214 e. The molecule has 0 unspecified atom stereocenters. The average molecular weight is 194 g/mol. The molecule has 0 atom stereocenters. The predicted octanol–water partition coefficient (Wildman–Crippen LogP) is 1.47. The molecule has 4 N–H and O–H groups in total. The summed E-state index contributed by atoms with van der Waals surface area (Å²) in [7, 11) is 0. The molecular formula is C9H11FN4. The van der Waals surface area contributed by atoms with Crippen molar-refractivity contribution in [2.75, 3.05) is 5.32 Å². The molecule has 0 radical (unpaired) electrons. The third-order valence-electron chi connectivity index (χ3n) is 1.39. The normalized spacial score (nSPS) is 11.1. The zero-order chi connectivity index (χ0) is 10.6. The van der Waals surface area contributed by atoms with E-state index < -0.39 is 5.95 Å². The first-order valence-corrected chi connectivity index (χ1v) is 3.99. The zero-order valence-electron chi connectivity index (χ0n) is 7.71. The number of allylic oxidation sites excluding steroid dienone is 1. The van der Waals surface area contributed by atoms with Crippen molar-refractivity contribution in [3.63, 3.8) is 0 Å². The highest BCUT2D eigenvalue weighted by Crippen LogP contribution is 2.07. The van der Waals surface area contributed by atoms with Crippen molar-refractivity contribution in [1.82, 2.24) is 4.98 Å². The number of pyridine rings is 1. The van der Waals surface area contributed by atoms with Gasteiger partial charge in [0.05, 0.1) is 0 Å². The minimum absolute atomic E-state index is 0.295. The van der Waals surface area contributed by atoms with E-state index in [0.29, 0.717) is 17.2 Å². The summed E-state index contributed by atoms with van der Waals surface area (Å²) in [6.07, 6.45) is 2.78. The van der Waals surface area contributed by atoms with Crippen LogP contribution in [0.25, 0.3) is 0 Å². The SMILES string of the molecule is CC(=N)/C=C(/N)Nc1ccnc(F)c1. The maximum Gasteiger partial charge on any atom is 0.214 e. The number of halogens is 1. The lowest BCUT2D eigenvalue weighted by atomic mass is 10.3. The topological polar surface area (TPSA) is 74.8 Å². The summed E-state index contributed by atoms with van der Waals surface area (Å²) < 4.78 is 12.6. The largest absolute Gasteiger partial charge is 0.385 e. The zero-order valence-corrected chi connectivity index (χ0v) is 7.71. The Kier molecular flexibility index (Phi) is 3.17. The van der Waals surface area contributed by atoms with E-state index in [2.05, 4.69) is 10.3 Å². The Balaban J connectivity index is 2.74. The highest BCUT2D eigenvalue weighted by Gasteiger charge is 1.96. The van der Waals surface area contributed by atoms with Gasteiger partial charge in [-0.2, -0.15) is 4.39 Å². The summed E-state index contributed by atoms with van der Waals surface area (Å²) >= 11 is 0. The van der Waals surface area contributed by atoms with E-state index in [9.17, 15) is 4.39 Å². The number of hydrogen-bond acceptors (Lipinski definition) is 4. The van der Waals surface area contributed by atoms with Crippen molar-refractivity contribution < 1.29 is 4.39 Å². The third-order valence-corrected chi connectivity index (χ3v) is 1.39. The second kappa shape index (κ2) is 4.36.